The van der Waals surface area contributed by atoms with E-state index in [4.69, 9.17) is 0 Å². The number of hydrogen-bond donors (Lipinski definition) is 0. The molecule has 0 saturated carbocycles. The van der Waals surface area contributed by atoms with Crippen LogP contribution >= 0.6 is 0 Å². The fraction of sp³-hybridized carbons (Fsp3) is 0.0909. The summed E-state index contributed by atoms with van der Waals surface area (Å²) in [5.41, 5.74) is 2.02. The van der Waals surface area contributed by atoms with Gasteiger partial charge in [-0.2, -0.15) is 0 Å². The molecule has 0 atom stereocenters. The fourth-order valence-corrected chi connectivity index (χ4v) is 3.51. The van der Waals surface area contributed by atoms with E-state index in [0.717, 1.165) is 33.5 Å². The van der Waals surface area contributed by atoms with E-state index in [1.165, 1.54) is 16.2 Å². The SMILES string of the molecule is CN(C)/C=C/c1ccc2ccc3c(/C=C/[N+](=O)[O-])ccc4ccc1c2c43. The van der Waals surface area contributed by atoms with Crippen LogP contribution in [-0.4, -0.2) is 23.9 Å². The molecule has 4 nitrogen and oxygen atoms in total. The maximum absolute atomic E-state index is 10.7. The van der Waals surface area contributed by atoms with Gasteiger partial charge in [0.2, 0.25) is 6.20 Å². The van der Waals surface area contributed by atoms with Gasteiger partial charge in [0.25, 0.3) is 0 Å². The molecular weight excluding hydrogens is 324 g/mol. The van der Waals surface area contributed by atoms with Crippen molar-refractivity contribution in [1.29, 1.82) is 0 Å². The van der Waals surface area contributed by atoms with E-state index in [2.05, 4.69) is 42.5 Å². The van der Waals surface area contributed by atoms with E-state index >= 15 is 0 Å². The largest absolute Gasteiger partial charge is 0.383 e. The first-order chi connectivity index (χ1) is 12.5. The molecule has 4 aromatic carbocycles. The Balaban J connectivity index is 2.07. The van der Waals surface area contributed by atoms with Gasteiger partial charge in [-0.25, -0.2) is 0 Å². The van der Waals surface area contributed by atoms with Crippen LogP contribution in [0.3, 0.4) is 0 Å². The number of rotatable bonds is 4. The van der Waals surface area contributed by atoms with Gasteiger partial charge in [0, 0.05) is 20.2 Å². The quantitative estimate of drug-likeness (QED) is 0.285. The molecule has 0 bridgehead atoms. The zero-order valence-electron chi connectivity index (χ0n) is 14.6. The number of benzene rings is 4. The van der Waals surface area contributed by atoms with E-state index in [-0.39, 0.29) is 0 Å². The average molecular weight is 342 g/mol. The first kappa shape index (κ1) is 16.1. The molecule has 4 heteroatoms. The van der Waals surface area contributed by atoms with E-state index in [0.29, 0.717) is 0 Å². The van der Waals surface area contributed by atoms with E-state index < -0.39 is 4.92 Å². The van der Waals surface area contributed by atoms with Gasteiger partial charge in [0.1, 0.15) is 0 Å². The van der Waals surface area contributed by atoms with Gasteiger partial charge in [-0.05, 0) is 55.7 Å². The minimum atomic E-state index is -0.428. The number of hydrogen-bond acceptors (Lipinski definition) is 3. The lowest BCUT2D eigenvalue weighted by Crippen LogP contribution is -1.99. The minimum Gasteiger partial charge on any atom is -0.383 e. The second-order valence-corrected chi connectivity index (χ2v) is 6.61. The van der Waals surface area contributed by atoms with E-state index in [1.807, 2.05) is 37.3 Å². The Hall–Kier alpha value is -3.40. The molecule has 0 unspecified atom stereocenters. The van der Waals surface area contributed by atoms with Gasteiger partial charge in [-0.1, -0.05) is 48.5 Å². The zero-order valence-corrected chi connectivity index (χ0v) is 14.6. The van der Waals surface area contributed by atoms with Gasteiger partial charge in [-0.15, -0.1) is 0 Å². The molecule has 0 aliphatic carbocycles. The van der Waals surface area contributed by atoms with Crippen LogP contribution in [0.5, 0.6) is 0 Å². The molecule has 0 N–H and O–H groups in total. The summed E-state index contributed by atoms with van der Waals surface area (Å²) >= 11 is 0. The molecule has 128 valence electrons. The lowest BCUT2D eigenvalue weighted by Gasteiger charge is -2.14. The van der Waals surface area contributed by atoms with Gasteiger partial charge >= 0.3 is 0 Å². The van der Waals surface area contributed by atoms with Crippen molar-refractivity contribution < 1.29 is 4.92 Å². The predicted molar refractivity (Wildman–Crippen MR) is 109 cm³/mol. The van der Waals surface area contributed by atoms with Crippen molar-refractivity contribution in [3.8, 4) is 0 Å². The number of nitro groups is 1. The molecule has 4 rings (SSSR count). The Labute approximate surface area is 151 Å². The first-order valence-corrected chi connectivity index (χ1v) is 8.41. The van der Waals surface area contributed by atoms with Crippen molar-refractivity contribution in [3.05, 3.63) is 82.2 Å². The Morgan fingerprint density at radius 1 is 0.808 bits per heavy atom. The monoisotopic (exact) mass is 342 g/mol. The van der Waals surface area contributed by atoms with Crippen LogP contribution in [0.25, 0.3) is 44.5 Å². The summed E-state index contributed by atoms with van der Waals surface area (Å²) in [5.74, 6) is 0. The second-order valence-electron chi connectivity index (χ2n) is 6.61. The molecule has 0 aromatic heterocycles. The van der Waals surface area contributed by atoms with Gasteiger partial charge in [-0.3, -0.25) is 10.1 Å². The first-order valence-electron chi connectivity index (χ1n) is 8.41. The third kappa shape index (κ3) is 2.65. The summed E-state index contributed by atoms with van der Waals surface area (Å²) in [6.45, 7) is 0. The topological polar surface area (TPSA) is 46.4 Å². The Morgan fingerprint density at radius 3 is 1.81 bits per heavy atom. The number of nitrogens with zero attached hydrogens (tertiary/aromatic N) is 2. The summed E-state index contributed by atoms with van der Waals surface area (Å²) in [4.78, 5) is 12.3. The highest BCUT2D eigenvalue weighted by Crippen LogP contribution is 2.38. The van der Waals surface area contributed by atoms with Crippen LogP contribution in [-0.2, 0) is 0 Å². The van der Waals surface area contributed by atoms with Crippen LogP contribution in [0.15, 0.2) is 60.9 Å². The maximum Gasteiger partial charge on any atom is 0.235 e. The third-order valence-corrected chi connectivity index (χ3v) is 4.66. The molecule has 26 heavy (non-hydrogen) atoms. The molecule has 0 radical (unpaired) electrons. The minimum absolute atomic E-state index is 0.428. The normalized spacial score (nSPS) is 12.2. The van der Waals surface area contributed by atoms with Crippen molar-refractivity contribution in [1.82, 2.24) is 4.90 Å². The average Bonchev–Trinajstić information content (AvgIpc) is 2.63. The van der Waals surface area contributed by atoms with Crippen LogP contribution in [0.1, 0.15) is 11.1 Å². The zero-order chi connectivity index (χ0) is 18.3. The fourth-order valence-electron chi connectivity index (χ4n) is 3.51. The van der Waals surface area contributed by atoms with E-state index in [9.17, 15) is 10.1 Å². The highest BCUT2D eigenvalue weighted by atomic mass is 16.6. The van der Waals surface area contributed by atoms with Crippen LogP contribution in [0.2, 0.25) is 0 Å². The summed E-state index contributed by atoms with van der Waals surface area (Å²) in [5, 5.41) is 17.6. The summed E-state index contributed by atoms with van der Waals surface area (Å²) in [6.07, 6.45) is 6.72. The Morgan fingerprint density at radius 2 is 1.31 bits per heavy atom. The van der Waals surface area contributed by atoms with Crippen LogP contribution < -0.4 is 0 Å². The van der Waals surface area contributed by atoms with Crippen molar-refractivity contribution in [2.75, 3.05) is 14.1 Å². The van der Waals surface area contributed by atoms with Crippen molar-refractivity contribution in [2.24, 2.45) is 0 Å². The van der Waals surface area contributed by atoms with Crippen molar-refractivity contribution in [3.63, 3.8) is 0 Å². The smallest absolute Gasteiger partial charge is 0.235 e. The molecular formula is C22H18N2O2. The van der Waals surface area contributed by atoms with Gasteiger partial charge in [0.05, 0.1) is 4.92 Å². The molecule has 0 aliphatic heterocycles. The molecule has 0 amide bonds. The highest BCUT2D eigenvalue weighted by molar-refractivity contribution is 6.25. The van der Waals surface area contributed by atoms with E-state index in [1.54, 1.807) is 6.08 Å². The standard InChI is InChI=1S/C22H18N2O2/c1-23(2)13-11-15-3-5-17-8-10-20-16(12-14-24(25)26)4-6-18-7-9-19(15)21(17)22(18)20/h3-14H,1-2H3/b13-11+,14-12+. The lowest BCUT2D eigenvalue weighted by molar-refractivity contribution is -0.400. The second kappa shape index (κ2) is 6.15. The molecule has 0 aliphatic rings. The van der Waals surface area contributed by atoms with Gasteiger partial charge in [0.15, 0.2) is 0 Å². The molecule has 0 saturated heterocycles. The molecule has 0 heterocycles. The Bertz CT molecular complexity index is 1190. The van der Waals surface area contributed by atoms with Gasteiger partial charge < -0.3 is 4.90 Å². The van der Waals surface area contributed by atoms with Crippen molar-refractivity contribution >= 4 is 44.5 Å². The maximum atomic E-state index is 10.7. The molecule has 0 spiro atoms. The van der Waals surface area contributed by atoms with Crippen LogP contribution in [0, 0.1) is 10.1 Å². The van der Waals surface area contributed by atoms with Crippen LogP contribution in [0.4, 0.5) is 0 Å². The molecule has 0 fully saturated rings. The third-order valence-electron chi connectivity index (χ3n) is 4.66. The summed E-state index contributed by atoms with van der Waals surface area (Å²) in [6, 6.07) is 16.7. The highest BCUT2D eigenvalue weighted by Gasteiger charge is 2.11. The summed E-state index contributed by atoms with van der Waals surface area (Å²) < 4.78 is 0. The van der Waals surface area contributed by atoms with Crippen molar-refractivity contribution in [2.45, 2.75) is 0 Å². The lowest BCUT2D eigenvalue weighted by atomic mass is 9.90. The summed E-state index contributed by atoms with van der Waals surface area (Å²) in [7, 11) is 4.00. The predicted octanol–water partition coefficient (Wildman–Crippen LogP) is 5.36. The molecule has 4 aromatic rings. The Kier molecular flexibility index (Phi) is 3.81.